The lowest BCUT2D eigenvalue weighted by Gasteiger charge is -2.41. The van der Waals surface area contributed by atoms with Crippen molar-refractivity contribution < 1.29 is 4.79 Å². The Kier molecular flexibility index (Phi) is 3.60. The first kappa shape index (κ1) is 17.3. The van der Waals surface area contributed by atoms with Crippen LogP contribution >= 0.6 is 0 Å². The van der Waals surface area contributed by atoms with Crippen molar-refractivity contribution in [3.05, 3.63) is 53.9 Å². The molecule has 0 bridgehead atoms. The number of aryl methyl sites for hydroxylation is 2. The molecule has 1 aromatic heterocycles. The van der Waals surface area contributed by atoms with Crippen LogP contribution in [0.25, 0.3) is 11.0 Å². The van der Waals surface area contributed by atoms with Crippen LogP contribution < -0.4 is 10.2 Å². The summed E-state index contributed by atoms with van der Waals surface area (Å²) in [5.74, 6) is 1.19. The van der Waals surface area contributed by atoms with Gasteiger partial charge >= 0.3 is 0 Å². The van der Waals surface area contributed by atoms with E-state index in [-0.39, 0.29) is 11.4 Å². The lowest BCUT2D eigenvalue weighted by Crippen LogP contribution is -2.45. The number of amides is 1. The Bertz CT molecular complexity index is 1070. The number of hydrogen-bond donors (Lipinski definition) is 1. The Hall–Kier alpha value is -2.82. The quantitative estimate of drug-likeness (QED) is 0.820. The monoisotopic (exact) mass is 374 g/mol. The van der Waals surface area contributed by atoms with Crippen LogP contribution in [-0.4, -0.2) is 27.5 Å². The topological polar surface area (TPSA) is 50.2 Å². The second kappa shape index (κ2) is 5.84. The summed E-state index contributed by atoms with van der Waals surface area (Å²) in [6, 6.07) is 2.15. The van der Waals surface area contributed by atoms with Crippen molar-refractivity contribution >= 4 is 28.3 Å². The zero-order valence-corrected chi connectivity index (χ0v) is 16.6. The minimum atomic E-state index is -0.0179. The largest absolute Gasteiger partial charge is 0.377 e. The van der Waals surface area contributed by atoms with Gasteiger partial charge in [-0.1, -0.05) is 25.3 Å². The highest BCUT2D eigenvalue weighted by molar-refractivity contribution is 6.05. The van der Waals surface area contributed by atoms with Crippen LogP contribution in [0, 0.1) is 6.92 Å². The van der Waals surface area contributed by atoms with Gasteiger partial charge in [-0.15, -0.1) is 0 Å². The van der Waals surface area contributed by atoms with Crippen LogP contribution in [0.1, 0.15) is 37.1 Å². The number of hydrogen-bond acceptors (Lipinski definition) is 3. The molecule has 5 heteroatoms. The molecule has 1 fully saturated rings. The maximum absolute atomic E-state index is 12.2. The number of rotatable bonds is 3. The van der Waals surface area contributed by atoms with Crippen LogP contribution in [0.2, 0.25) is 0 Å². The van der Waals surface area contributed by atoms with Gasteiger partial charge in [-0.3, -0.25) is 4.79 Å². The van der Waals surface area contributed by atoms with E-state index < -0.39 is 0 Å². The summed E-state index contributed by atoms with van der Waals surface area (Å²) in [6.45, 7) is 10.8. The van der Waals surface area contributed by atoms with Crippen molar-refractivity contribution in [3.8, 4) is 0 Å². The highest BCUT2D eigenvalue weighted by Crippen LogP contribution is 2.49. The fourth-order valence-corrected chi connectivity index (χ4v) is 5.04. The van der Waals surface area contributed by atoms with Gasteiger partial charge in [0.25, 0.3) is 0 Å². The Morgan fingerprint density at radius 2 is 1.93 bits per heavy atom. The van der Waals surface area contributed by atoms with Gasteiger partial charge in [-0.05, 0) is 49.8 Å². The molecule has 2 aromatic rings. The van der Waals surface area contributed by atoms with E-state index in [1.165, 1.54) is 16.7 Å². The van der Waals surface area contributed by atoms with Crippen molar-refractivity contribution in [2.45, 2.75) is 44.6 Å². The van der Waals surface area contributed by atoms with E-state index in [1.807, 2.05) is 31.0 Å². The fourth-order valence-electron chi connectivity index (χ4n) is 5.04. The maximum atomic E-state index is 12.2. The van der Waals surface area contributed by atoms with Crippen molar-refractivity contribution in [3.63, 3.8) is 0 Å². The number of carbonyl (C=O) groups excluding carboxylic acids is 1. The molecule has 0 radical (unpaired) electrons. The smallest absolute Gasteiger partial charge is 0.228 e. The van der Waals surface area contributed by atoms with E-state index in [9.17, 15) is 4.79 Å². The Morgan fingerprint density at radius 3 is 2.50 bits per heavy atom. The second-order valence-electron chi connectivity index (χ2n) is 8.35. The number of allylic oxidation sites excluding steroid dienone is 2. The van der Waals surface area contributed by atoms with Crippen molar-refractivity contribution in [1.29, 1.82) is 0 Å². The van der Waals surface area contributed by atoms with Gasteiger partial charge in [0.1, 0.15) is 11.3 Å². The van der Waals surface area contributed by atoms with Crippen LogP contribution in [0.3, 0.4) is 0 Å². The molecule has 28 heavy (non-hydrogen) atoms. The van der Waals surface area contributed by atoms with Gasteiger partial charge < -0.3 is 14.8 Å². The summed E-state index contributed by atoms with van der Waals surface area (Å²) in [5.41, 5.74) is 8.04. The van der Waals surface area contributed by atoms with E-state index in [4.69, 9.17) is 4.98 Å². The first-order valence-electron chi connectivity index (χ1n) is 10.0. The van der Waals surface area contributed by atoms with E-state index in [2.05, 4.69) is 29.1 Å². The predicted octanol–water partition coefficient (Wildman–Crippen LogP) is 4.18. The molecule has 0 unspecified atom stereocenters. The zero-order valence-electron chi connectivity index (χ0n) is 16.6. The third-order valence-electron chi connectivity index (χ3n) is 6.83. The van der Waals surface area contributed by atoms with E-state index in [0.717, 1.165) is 60.5 Å². The predicted molar refractivity (Wildman–Crippen MR) is 114 cm³/mol. The molecule has 0 atom stereocenters. The molecule has 0 saturated carbocycles. The fraction of sp³-hybridized carbons (Fsp3) is 0.391. The van der Waals surface area contributed by atoms with Gasteiger partial charge in [0.15, 0.2) is 0 Å². The van der Waals surface area contributed by atoms with Crippen LogP contribution in [-0.2, 0) is 18.3 Å². The average molecular weight is 374 g/mol. The molecule has 1 N–H and O–H groups in total. The molecule has 5 rings (SSSR count). The van der Waals surface area contributed by atoms with E-state index in [0.29, 0.717) is 6.42 Å². The Morgan fingerprint density at radius 1 is 1.21 bits per heavy atom. The first-order chi connectivity index (χ1) is 13.5. The Balaban J connectivity index is 1.66. The van der Waals surface area contributed by atoms with E-state index >= 15 is 0 Å². The van der Waals surface area contributed by atoms with E-state index in [1.54, 1.807) is 0 Å². The van der Waals surface area contributed by atoms with Gasteiger partial charge in [0, 0.05) is 31.1 Å². The molecule has 3 aliphatic rings. The van der Waals surface area contributed by atoms with Gasteiger partial charge in [0.2, 0.25) is 5.91 Å². The van der Waals surface area contributed by atoms with Gasteiger partial charge in [-0.2, -0.15) is 0 Å². The van der Waals surface area contributed by atoms with Gasteiger partial charge in [-0.25, -0.2) is 4.98 Å². The minimum absolute atomic E-state index is 0.0179. The molecule has 1 saturated heterocycles. The summed E-state index contributed by atoms with van der Waals surface area (Å²) in [7, 11) is 2.04. The number of fused-ring (bicyclic) bond motifs is 3. The lowest BCUT2D eigenvalue weighted by molar-refractivity contribution is -0.122. The molecule has 1 aliphatic carbocycles. The molecular formula is C23H26N4O. The van der Waals surface area contributed by atoms with Crippen molar-refractivity contribution in [1.82, 2.24) is 9.55 Å². The zero-order chi connectivity index (χ0) is 19.6. The van der Waals surface area contributed by atoms with Crippen LogP contribution in [0.4, 0.5) is 11.4 Å². The second-order valence-corrected chi connectivity index (χ2v) is 8.35. The normalized spacial score (nSPS) is 20.4. The average Bonchev–Trinajstić information content (AvgIpc) is 3.18. The third kappa shape index (κ3) is 2.25. The number of imidazole rings is 1. The molecule has 144 valence electrons. The number of anilines is 2. The third-order valence-corrected chi connectivity index (χ3v) is 6.83. The molecule has 3 heterocycles. The lowest BCUT2D eigenvalue weighted by atomic mass is 9.82. The molecular weight excluding hydrogens is 348 g/mol. The highest BCUT2D eigenvalue weighted by Gasteiger charge is 2.42. The minimum Gasteiger partial charge on any atom is -0.377 e. The summed E-state index contributed by atoms with van der Waals surface area (Å²) in [6.07, 6.45) is 8.47. The van der Waals surface area contributed by atoms with Crippen LogP contribution in [0.5, 0.6) is 0 Å². The molecule has 5 nitrogen and oxygen atoms in total. The van der Waals surface area contributed by atoms with Crippen LogP contribution in [0.15, 0.2) is 42.5 Å². The number of nitrogens with zero attached hydrogens (tertiary/aromatic N) is 3. The summed E-state index contributed by atoms with van der Waals surface area (Å²) in [4.78, 5) is 19.0. The van der Waals surface area contributed by atoms with Gasteiger partial charge in [0.05, 0.1) is 16.9 Å². The maximum Gasteiger partial charge on any atom is 0.228 e. The standard InChI is InChI=1S/C23H26N4O/c1-5-15-12-23(13-16(15)6-2)9-7-17-18(27-10-8-20(27)28)11-19-22(21(17)25-23)24-14(3)26(19)4/h5-6,11,25H,1-2,7-10,12-13H2,3-4H3. The SMILES string of the molecule is C=CC1=C(C=C)CC2(CCc3c(N4CCC4=O)cc4c(nc(C)n4C)c3N2)C1. The summed E-state index contributed by atoms with van der Waals surface area (Å²) >= 11 is 0. The molecule has 1 amide bonds. The number of carbonyl (C=O) groups is 1. The van der Waals surface area contributed by atoms with Crippen molar-refractivity contribution in [2.24, 2.45) is 7.05 Å². The first-order valence-corrected chi connectivity index (χ1v) is 10.0. The number of β-lactam (4-membered cyclic amide) rings is 1. The summed E-state index contributed by atoms with van der Waals surface area (Å²) < 4.78 is 2.11. The highest BCUT2D eigenvalue weighted by atomic mass is 16.2. The summed E-state index contributed by atoms with van der Waals surface area (Å²) in [5, 5.41) is 3.89. The Labute approximate surface area is 165 Å². The number of aromatic nitrogens is 2. The molecule has 2 aliphatic heterocycles. The number of nitrogens with one attached hydrogen (secondary N) is 1. The molecule has 1 aromatic carbocycles. The van der Waals surface area contributed by atoms with Crippen molar-refractivity contribution in [2.75, 3.05) is 16.8 Å². The molecule has 1 spiro atoms. The number of benzene rings is 1.